The van der Waals surface area contributed by atoms with Crippen molar-refractivity contribution < 1.29 is 21.6 Å². The van der Waals surface area contributed by atoms with Crippen LogP contribution in [-0.2, 0) is 16.2 Å². The van der Waals surface area contributed by atoms with E-state index in [1.165, 1.54) is 12.1 Å². The zero-order chi connectivity index (χ0) is 24.5. The van der Waals surface area contributed by atoms with E-state index in [1.54, 1.807) is 37.3 Å². The van der Waals surface area contributed by atoms with Crippen LogP contribution in [0.1, 0.15) is 24.0 Å². The monoisotopic (exact) mass is 527 g/mol. The molecule has 0 spiro atoms. The van der Waals surface area contributed by atoms with Crippen LogP contribution in [-0.4, -0.2) is 37.5 Å². The number of pyridine rings is 2. The third-order valence-electron chi connectivity index (χ3n) is 5.61. The van der Waals surface area contributed by atoms with Crippen molar-refractivity contribution in [2.75, 3.05) is 22.7 Å². The molecule has 1 aliphatic heterocycles. The van der Waals surface area contributed by atoms with Gasteiger partial charge < -0.3 is 10.6 Å². The molecule has 12 heteroatoms. The lowest BCUT2D eigenvalue weighted by molar-refractivity contribution is -0.137. The lowest BCUT2D eigenvalue weighted by atomic mass is 10.0. The van der Waals surface area contributed by atoms with Crippen molar-refractivity contribution in [1.29, 1.82) is 0 Å². The average Bonchev–Trinajstić information content (AvgIpc) is 2.78. The molecule has 0 amide bonds. The molecule has 3 heterocycles. The van der Waals surface area contributed by atoms with Gasteiger partial charge >= 0.3 is 6.18 Å². The lowest BCUT2D eigenvalue weighted by Crippen LogP contribution is -2.43. The van der Waals surface area contributed by atoms with Crippen molar-refractivity contribution >= 4 is 34.1 Å². The van der Waals surface area contributed by atoms with E-state index in [0.717, 1.165) is 25.0 Å². The number of rotatable bonds is 5. The molecule has 1 aromatic carbocycles. The Morgan fingerprint density at radius 3 is 2.49 bits per heavy atom. The van der Waals surface area contributed by atoms with Gasteiger partial charge in [0.1, 0.15) is 11.6 Å². The lowest BCUT2D eigenvalue weighted by Gasteiger charge is -2.31. The fourth-order valence-electron chi connectivity index (χ4n) is 3.93. The summed E-state index contributed by atoms with van der Waals surface area (Å²) in [6.45, 7) is 2.93. The van der Waals surface area contributed by atoms with Crippen molar-refractivity contribution in [3.63, 3.8) is 0 Å². The zero-order valence-electron chi connectivity index (χ0n) is 18.8. The highest BCUT2D eigenvalue weighted by atomic mass is 35.5. The van der Waals surface area contributed by atoms with Gasteiger partial charge in [0.25, 0.3) is 10.0 Å². The zero-order valence-corrected chi connectivity index (χ0v) is 20.4. The first-order valence-corrected chi connectivity index (χ1v) is 12.2. The minimum absolute atomic E-state index is 0. The summed E-state index contributed by atoms with van der Waals surface area (Å²) in [4.78, 5) is 10.2. The minimum Gasteiger partial charge on any atom is -0.355 e. The number of alkyl halides is 3. The topological polar surface area (TPSA) is 101 Å². The predicted molar refractivity (Wildman–Crippen MR) is 131 cm³/mol. The van der Waals surface area contributed by atoms with E-state index < -0.39 is 21.8 Å². The Bertz CT molecular complexity index is 1300. The predicted octanol–water partition coefficient (Wildman–Crippen LogP) is 4.62. The SMILES string of the molecule is Cc1ccccc1-c1nc(NS(=O)(=O)c2cccc(N3CCC[C@@H](N)C3)n2)ccc1C(F)(F)F.Cl. The van der Waals surface area contributed by atoms with Gasteiger partial charge in [-0.1, -0.05) is 30.3 Å². The van der Waals surface area contributed by atoms with E-state index in [4.69, 9.17) is 5.73 Å². The summed E-state index contributed by atoms with van der Waals surface area (Å²) in [6.07, 6.45) is -2.90. The van der Waals surface area contributed by atoms with Crippen molar-refractivity contribution in [2.24, 2.45) is 5.73 Å². The Balaban J connectivity index is 0.00000342. The number of nitrogens with two attached hydrogens (primary N) is 1. The van der Waals surface area contributed by atoms with Crippen LogP contribution >= 0.6 is 12.4 Å². The van der Waals surface area contributed by atoms with Crippen molar-refractivity contribution in [2.45, 2.75) is 37.0 Å². The maximum atomic E-state index is 13.6. The Hall–Kier alpha value is -2.89. The molecule has 0 unspecified atom stereocenters. The van der Waals surface area contributed by atoms with Crippen LogP contribution in [0.15, 0.2) is 59.6 Å². The first kappa shape index (κ1) is 26.7. The minimum atomic E-state index is -4.66. The first-order chi connectivity index (χ1) is 16.0. The van der Waals surface area contributed by atoms with Gasteiger partial charge in [-0.2, -0.15) is 21.6 Å². The van der Waals surface area contributed by atoms with E-state index in [9.17, 15) is 21.6 Å². The molecule has 188 valence electrons. The number of aromatic nitrogens is 2. The van der Waals surface area contributed by atoms with Gasteiger partial charge in [0.2, 0.25) is 0 Å². The number of hydrogen-bond donors (Lipinski definition) is 2. The number of piperidine rings is 1. The first-order valence-electron chi connectivity index (χ1n) is 10.7. The summed E-state index contributed by atoms with van der Waals surface area (Å²) >= 11 is 0. The number of anilines is 2. The maximum absolute atomic E-state index is 13.6. The molecule has 0 saturated carbocycles. The Kier molecular flexibility index (Phi) is 7.93. The summed E-state index contributed by atoms with van der Waals surface area (Å²) in [7, 11) is -4.21. The fourth-order valence-corrected chi connectivity index (χ4v) is 4.89. The molecular weight excluding hydrogens is 503 g/mol. The van der Waals surface area contributed by atoms with Crippen LogP contribution in [0, 0.1) is 6.92 Å². The van der Waals surface area contributed by atoms with Crippen molar-refractivity contribution in [3.8, 4) is 11.3 Å². The van der Waals surface area contributed by atoms with Gasteiger partial charge in [-0.05, 0) is 49.6 Å². The fraction of sp³-hybridized carbons (Fsp3) is 0.304. The smallest absolute Gasteiger partial charge is 0.355 e. The molecule has 7 nitrogen and oxygen atoms in total. The van der Waals surface area contributed by atoms with Gasteiger partial charge in [-0.25, -0.2) is 9.97 Å². The highest BCUT2D eigenvalue weighted by Crippen LogP contribution is 2.38. The van der Waals surface area contributed by atoms with Crippen LogP contribution in [0.3, 0.4) is 0 Å². The molecule has 1 aliphatic rings. The molecule has 1 saturated heterocycles. The normalized spacial score (nSPS) is 16.5. The van der Waals surface area contributed by atoms with Crippen LogP contribution in [0.5, 0.6) is 0 Å². The number of nitrogens with one attached hydrogen (secondary N) is 1. The number of hydrogen-bond acceptors (Lipinski definition) is 6. The molecular formula is C23H25ClF3N5O2S. The summed E-state index contributed by atoms with van der Waals surface area (Å²) < 4.78 is 69.2. The summed E-state index contributed by atoms with van der Waals surface area (Å²) in [6, 6.07) is 12.9. The summed E-state index contributed by atoms with van der Waals surface area (Å²) in [5.41, 5.74) is 5.55. The molecule has 0 aliphatic carbocycles. The average molecular weight is 528 g/mol. The number of benzene rings is 1. The largest absolute Gasteiger partial charge is 0.418 e. The number of sulfonamides is 1. The molecule has 3 aromatic rings. The second-order valence-corrected chi connectivity index (χ2v) is 9.82. The summed E-state index contributed by atoms with van der Waals surface area (Å²) in [5, 5.41) is -0.261. The maximum Gasteiger partial charge on any atom is 0.418 e. The Labute approximate surface area is 208 Å². The summed E-state index contributed by atoms with van der Waals surface area (Å²) in [5.74, 6) is 0.234. The molecule has 4 rings (SSSR count). The van der Waals surface area contributed by atoms with Crippen molar-refractivity contribution in [1.82, 2.24) is 9.97 Å². The highest BCUT2D eigenvalue weighted by molar-refractivity contribution is 7.92. The van der Waals surface area contributed by atoms with Gasteiger partial charge in [0.15, 0.2) is 5.03 Å². The van der Waals surface area contributed by atoms with Crippen molar-refractivity contribution in [3.05, 3.63) is 65.7 Å². The molecule has 1 atom stereocenters. The van der Waals surface area contributed by atoms with Gasteiger partial charge in [0, 0.05) is 24.7 Å². The Morgan fingerprint density at radius 1 is 1.06 bits per heavy atom. The highest BCUT2D eigenvalue weighted by Gasteiger charge is 2.35. The second-order valence-electron chi connectivity index (χ2n) is 8.19. The number of nitrogens with zero attached hydrogens (tertiary/aromatic N) is 3. The van der Waals surface area contributed by atoms with E-state index >= 15 is 0 Å². The van der Waals surface area contributed by atoms with Gasteiger partial charge in [-0.3, -0.25) is 4.72 Å². The molecule has 0 bridgehead atoms. The van der Waals surface area contributed by atoms with E-state index in [-0.39, 0.29) is 40.6 Å². The van der Waals surface area contributed by atoms with E-state index in [0.29, 0.717) is 24.5 Å². The standard InChI is InChI=1S/C23H24F3N5O2S.ClH/c1-15-6-2-3-8-17(15)22-18(23(24,25)26)11-12-19(28-22)30-34(32,33)21-10-4-9-20(29-21)31-13-5-7-16(27)14-31;/h2-4,6,8-12,16H,5,7,13-14,27H2,1H3,(H,28,30);1H/t16-;/m1./s1. The van der Waals surface area contributed by atoms with Crippen LogP contribution < -0.4 is 15.4 Å². The van der Waals surface area contributed by atoms with Gasteiger partial charge in [-0.15, -0.1) is 12.4 Å². The molecule has 1 fully saturated rings. The molecule has 35 heavy (non-hydrogen) atoms. The second kappa shape index (κ2) is 10.4. The Morgan fingerprint density at radius 2 is 1.80 bits per heavy atom. The van der Waals surface area contributed by atoms with Crippen LogP contribution in [0.4, 0.5) is 24.8 Å². The molecule has 3 N–H and O–H groups in total. The number of halogens is 4. The number of aryl methyl sites for hydroxylation is 1. The third-order valence-corrected chi connectivity index (χ3v) is 6.86. The quantitative estimate of drug-likeness (QED) is 0.502. The van der Waals surface area contributed by atoms with Crippen LogP contribution in [0.25, 0.3) is 11.3 Å². The van der Waals surface area contributed by atoms with Gasteiger partial charge in [0.05, 0.1) is 11.3 Å². The molecule has 0 radical (unpaired) electrons. The van der Waals surface area contributed by atoms with Crippen LogP contribution in [0.2, 0.25) is 0 Å². The van der Waals surface area contributed by atoms with E-state index in [1.807, 2.05) is 4.90 Å². The van der Waals surface area contributed by atoms with E-state index in [2.05, 4.69) is 14.7 Å². The molecule has 2 aromatic heterocycles. The third kappa shape index (κ3) is 6.03.